The highest BCUT2D eigenvalue weighted by Gasteiger charge is 2.28. The minimum Gasteiger partial charge on any atom is -0.447 e. The van der Waals surface area contributed by atoms with Gasteiger partial charge < -0.3 is 9.64 Å². The van der Waals surface area contributed by atoms with Crippen molar-refractivity contribution in [3.63, 3.8) is 0 Å². The van der Waals surface area contributed by atoms with Crippen LogP contribution in [0.15, 0.2) is 36.4 Å². The Morgan fingerprint density at radius 1 is 1.16 bits per heavy atom. The molecule has 0 atom stereocenters. The van der Waals surface area contributed by atoms with Crippen molar-refractivity contribution in [2.24, 2.45) is 0 Å². The molecule has 0 aromatic heterocycles. The second-order valence-electron chi connectivity index (χ2n) is 6.13. The molecule has 1 fully saturated rings. The maximum absolute atomic E-state index is 13.4. The van der Waals surface area contributed by atoms with Crippen LogP contribution in [0.1, 0.15) is 16.7 Å². The zero-order valence-electron chi connectivity index (χ0n) is 13.5. The van der Waals surface area contributed by atoms with Crippen molar-refractivity contribution in [3.05, 3.63) is 58.9 Å². The lowest BCUT2D eigenvalue weighted by molar-refractivity contribution is 0.181. The first-order valence-corrected chi connectivity index (χ1v) is 8.17. The average molecular weight is 337 g/mol. The number of carbonyl (C=O) groups is 1. The molecule has 0 unspecified atom stereocenters. The fourth-order valence-corrected chi connectivity index (χ4v) is 3.53. The van der Waals surface area contributed by atoms with Crippen LogP contribution in [0.2, 0.25) is 0 Å². The Balaban J connectivity index is 1.67. The van der Waals surface area contributed by atoms with E-state index >= 15 is 0 Å². The molecule has 4 rings (SSSR count). The maximum atomic E-state index is 13.4. The molecular weight excluding hydrogens is 321 g/mol. The van der Waals surface area contributed by atoms with Gasteiger partial charge >= 0.3 is 6.09 Å². The van der Waals surface area contributed by atoms with E-state index in [-0.39, 0.29) is 6.09 Å². The minimum absolute atomic E-state index is 0.305. The normalized spacial score (nSPS) is 16.4. The molecule has 0 aliphatic carbocycles. The van der Waals surface area contributed by atoms with Crippen molar-refractivity contribution in [2.45, 2.75) is 13.0 Å². The van der Waals surface area contributed by atoms with Gasteiger partial charge in [0, 0.05) is 13.1 Å². The predicted octanol–water partition coefficient (Wildman–Crippen LogP) is 3.22. The topological polar surface area (TPSA) is 56.6 Å². The number of anilines is 2. The number of rotatable bonds is 2. The van der Waals surface area contributed by atoms with Gasteiger partial charge in [-0.25, -0.2) is 9.18 Å². The molecule has 2 aliphatic rings. The number of amides is 1. The molecule has 2 aliphatic heterocycles. The molecule has 126 valence electrons. The number of nitriles is 1. The van der Waals surface area contributed by atoms with Gasteiger partial charge in [0.25, 0.3) is 0 Å². The van der Waals surface area contributed by atoms with E-state index in [0.29, 0.717) is 31.8 Å². The van der Waals surface area contributed by atoms with E-state index in [0.717, 1.165) is 28.9 Å². The third kappa shape index (κ3) is 2.68. The van der Waals surface area contributed by atoms with Crippen molar-refractivity contribution in [1.82, 2.24) is 0 Å². The first-order chi connectivity index (χ1) is 12.2. The molecule has 0 N–H and O–H groups in total. The number of cyclic esters (lactones) is 1. The number of hydrogen-bond donors (Lipinski definition) is 0. The number of fused-ring (bicyclic) bond motifs is 1. The number of benzene rings is 2. The molecule has 5 nitrogen and oxygen atoms in total. The van der Waals surface area contributed by atoms with Gasteiger partial charge in [-0.3, -0.25) is 4.90 Å². The van der Waals surface area contributed by atoms with E-state index in [4.69, 9.17) is 4.74 Å². The van der Waals surface area contributed by atoms with Gasteiger partial charge in [0.15, 0.2) is 0 Å². The van der Waals surface area contributed by atoms with Crippen molar-refractivity contribution in [2.75, 3.05) is 29.5 Å². The van der Waals surface area contributed by atoms with E-state index in [1.165, 1.54) is 12.1 Å². The highest BCUT2D eigenvalue weighted by Crippen LogP contribution is 2.33. The highest BCUT2D eigenvalue weighted by atomic mass is 19.1. The van der Waals surface area contributed by atoms with Crippen LogP contribution in [0, 0.1) is 17.1 Å². The van der Waals surface area contributed by atoms with E-state index in [9.17, 15) is 14.4 Å². The van der Waals surface area contributed by atoms with Gasteiger partial charge in [-0.15, -0.1) is 0 Å². The van der Waals surface area contributed by atoms with E-state index < -0.39 is 5.82 Å². The van der Waals surface area contributed by atoms with Crippen LogP contribution in [0.25, 0.3) is 0 Å². The molecule has 1 saturated heterocycles. The summed E-state index contributed by atoms with van der Waals surface area (Å²) in [5.41, 5.74) is 4.22. The summed E-state index contributed by atoms with van der Waals surface area (Å²) in [6, 6.07) is 12.3. The summed E-state index contributed by atoms with van der Waals surface area (Å²) >= 11 is 0. The van der Waals surface area contributed by atoms with Crippen LogP contribution in [0.5, 0.6) is 0 Å². The fourth-order valence-electron chi connectivity index (χ4n) is 3.53. The first kappa shape index (κ1) is 15.5. The molecule has 1 amide bonds. The zero-order chi connectivity index (χ0) is 17.4. The third-order valence-electron chi connectivity index (χ3n) is 4.71. The quantitative estimate of drug-likeness (QED) is 0.844. The molecule has 0 saturated carbocycles. The SMILES string of the molecule is N#Cc1cc(F)ccc1N1CCc2c(cccc2N2CCOC2=O)C1. The Morgan fingerprint density at radius 3 is 2.80 bits per heavy atom. The number of nitrogens with zero attached hydrogens (tertiary/aromatic N) is 3. The Hall–Kier alpha value is -3.07. The van der Waals surface area contributed by atoms with Gasteiger partial charge in [0.1, 0.15) is 18.5 Å². The molecule has 2 aromatic carbocycles. The number of halogens is 1. The molecule has 25 heavy (non-hydrogen) atoms. The summed E-state index contributed by atoms with van der Waals surface area (Å²) < 4.78 is 18.4. The van der Waals surface area contributed by atoms with Crippen LogP contribution in [-0.2, 0) is 17.7 Å². The van der Waals surface area contributed by atoms with E-state index in [1.54, 1.807) is 11.0 Å². The van der Waals surface area contributed by atoms with Crippen LogP contribution >= 0.6 is 0 Å². The van der Waals surface area contributed by atoms with Crippen molar-refractivity contribution < 1.29 is 13.9 Å². The predicted molar refractivity (Wildman–Crippen MR) is 91.0 cm³/mol. The van der Waals surface area contributed by atoms with Crippen LogP contribution in [0.3, 0.4) is 0 Å². The van der Waals surface area contributed by atoms with Crippen molar-refractivity contribution >= 4 is 17.5 Å². The lowest BCUT2D eigenvalue weighted by atomic mass is 9.96. The Kier molecular flexibility index (Phi) is 3.77. The number of hydrogen-bond acceptors (Lipinski definition) is 4. The van der Waals surface area contributed by atoms with Crippen LogP contribution in [-0.4, -0.2) is 25.8 Å². The van der Waals surface area contributed by atoms with E-state index in [2.05, 4.69) is 11.0 Å². The molecule has 2 heterocycles. The van der Waals surface area contributed by atoms with Crippen LogP contribution < -0.4 is 9.80 Å². The van der Waals surface area contributed by atoms with Gasteiger partial charge in [0.2, 0.25) is 0 Å². The smallest absolute Gasteiger partial charge is 0.414 e. The largest absolute Gasteiger partial charge is 0.447 e. The Morgan fingerprint density at radius 2 is 2.04 bits per heavy atom. The van der Waals surface area contributed by atoms with E-state index in [1.807, 2.05) is 18.2 Å². The number of ether oxygens (including phenoxy) is 1. The molecule has 6 heteroatoms. The molecule has 0 spiro atoms. The standard InChI is InChI=1S/C19H16FN3O2/c20-15-4-5-17(14(10-15)11-21)22-7-6-16-13(12-22)2-1-3-18(16)23-8-9-25-19(23)24/h1-5,10H,6-9,12H2. The highest BCUT2D eigenvalue weighted by molar-refractivity contribution is 5.90. The average Bonchev–Trinajstić information content (AvgIpc) is 3.06. The summed E-state index contributed by atoms with van der Waals surface area (Å²) in [5.74, 6) is -0.410. The van der Waals surface area contributed by atoms with Crippen LogP contribution in [0.4, 0.5) is 20.6 Å². The van der Waals surface area contributed by atoms with Gasteiger partial charge in [-0.1, -0.05) is 12.1 Å². The number of carbonyl (C=O) groups excluding carboxylic acids is 1. The minimum atomic E-state index is -0.410. The van der Waals surface area contributed by atoms with Crippen molar-refractivity contribution in [3.8, 4) is 6.07 Å². The maximum Gasteiger partial charge on any atom is 0.414 e. The fraction of sp³-hybridized carbons (Fsp3) is 0.263. The van der Waals surface area contributed by atoms with Gasteiger partial charge in [-0.05, 0) is 41.8 Å². The Labute approximate surface area is 144 Å². The molecule has 2 aromatic rings. The summed E-state index contributed by atoms with van der Waals surface area (Å²) in [6.45, 7) is 2.30. The first-order valence-electron chi connectivity index (χ1n) is 8.17. The summed E-state index contributed by atoms with van der Waals surface area (Å²) in [6.07, 6.45) is 0.443. The zero-order valence-corrected chi connectivity index (χ0v) is 13.5. The third-order valence-corrected chi connectivity index (χ3v) is 4.71. The summed E-state index contributed by atoms with van der Waals surface area (Å²) in [4.78, 5) is 15.6. The summed E-state index contributed by atoms with van der Waals surface area (Å²) in [7, 11) is 0. The lowest BCUT2D eigenvalue weighted by Gasteiger charge is -2.33. The van der Waals surface area contributed by atoms with Gasteiger partial charge in [0.05, 0.1) is 23.5 Å². The van der Waals surface area contributed by atoms with Gasteiger partial charge in [-0.2, -0.15) is 5.26 Å². The Bertz CT molecular complexity index is 891. The summed E-state index contributed by atoms with van der Waals surface area (Å²) in [5, 5.41) is 9.28. The molecule has 0 bridgehead atoms. The molecular formula is C19H16FN3O2. The lowest BCUT2D eigenvalue weighted by Crippen LogP contribution is -2.33. The molecule has 0 radical (unpaired) electrons. The second-order valence-corrected chi connectivity index (χ2v) is 6.13. The van der Waals surface area contributed by atoms with Crippen molar-refractivity contribution in [1.29, 1.82) is 5.26 Å². The second kappa shape index (κ2) is 6.10. The monoisotopic (exact) mass is 337 g/mol.